The number of nitrogens with zero attached hydrogens (tertiary/aromatic N) is 3. The van der Waals surface area contributed by atoms with Gasteiger partial charge < -0.3 is 20.1 Å². The second-order valence-corrected chi connectivity index (χ2v) is 8.84. The molecule has 1 saturated carbocycles. The molecule has 1 aromatic heterocycles. The lowest BCUT2D eigenvalue weighted by molar-refractivity contribution is -0.274. The van der Waals surface area contributed by atoms with E-state index in [1.165, 1.54) is 24.5 Å². The van der Waals surface area contributed by atoms with Crippen LogP contribution >= 0.6 is 0 Å². The number of carbonyl (C=O) groups is 1. The average molecular weight is 450 g/mol. The summed E-state index contributed by atoms with van der Waals surface area (Å²) in [6, 6.07) is 4.37. The maximum absolute atomic E-state index is 12.6. The molecule has 7 nitrogen and oxygen atoms in total. The maximum atomic E-state index is 12.6. The van der Waals surface area contributed by atoms with E-state index in [-0.39, 0.29) is 36.1 Å². The summed E-state index contributed by atoms with van der Waals surface area (Å²) in [5.41, 5.74) is 0.758. The van der Waals surface area contributed by atoms with E-state index in [1.54, 1.807) is 18.7 Å². The van der Waals surface area contributed by atoms with Crippen molar-refractivity contribution in [3.8, 4) is 5.75 Å². The van der Waals surface area contributed by atoms with Crippen molar-refractivity contribution in [2.24, 2.45) is 0 Å². The van der Waals surface area contributed by atoms with Gasteiger partial charge in [0.1, 0.15) is 5.75 Å². The quantitative estimate of drug-likeness (QED) is 0.666. The van der Waals surface area contributed by atoms with E-state index in [0.717, 1.165) is 24.8 Å². The third-order valence-corrected chi connectivity index (χ3v) is 5.72. The third-order valence-electron chi connectivity index (χ3n) is 5.72. The molecule has 2 heterocycles. The van der Waals surface area contributed by atoms with Crippen molar-refractivity contribution in [1.82, 2.24) is 14.9 Å². The van der Waals surface area contributed by atoms with E-state index in [9.17, 15) is 23.1 Å². The number of benzene rings is 1. The molecule has 2 aliphatic rings. The number of hydrogen-bond donors (Lipinski definition) is 2. The minimum absolute atomic E-state index is 0.203. The van der Waals surface area contributed by atoms with E-state index < -0.39 is 12.0 Å². The molecule has 172 valence electrons. The highest BCUT2D eigenvalue weighted by molar-refractivity contribution is 5.94. The molecule has 0 radical (unpaired) electrons. The summed E-state index contributed by atoms with van der Waals surface area (Å²) in [4.78, 5) is 22.5. The summed E-state index contributed by atoms with van der Waals surface area (Å²) in [5, 5.41) is 13.1. The van der Waals surface area contributed by atoms with Gasteiger partial charge in [0.2, 0.25) is 5.95 Å². The van der Waals surface area contributed by atoms with Gasteiger partial charge in [0.15, 0.2) is 0 Å². The number of anilines is 1. The molecule has 1 unspecified atom stereocenters. The second-order valence-electron chi connectivity index (χ2n) is 8.84. The van der Waals surface area contributed by atoms with E-state index in [1.807, 2.05) is 6.07 Å². The number of rotatable bonds is 7. The van der Waals surface area contributed by atoms with Crippen LogP contribution in [0.5, 0.6) is 5.75 Å². The number of amides is 1. The van der Waals surface area contributed by atoms with Crippen molar-refractivity contribution in [1.29, 1.82) is 0 Å². The smallest absolute Gasteiger partial charge is 0.406 e. The summed E-state index contributed by atoms with van der Waals surface area (Å²) in [5.74, 6) is 0.0260. The van der Waals surface area contributed by atoms with Crippen molar-refractivity contribution in [3.05, 3.63) is 47.3 Å². The topological polar surface area (TPSA) is 87.6 Å². The predicted octanol–water partition coefficient (Wildman–Crippen LogP) is 3.85. The van der Waals surface area contributed by atoms with Crippen LogP contribution in [-0.4, -0.2) is 50.4 Å². The largest absolute Gasteiger partial charge is 0.573 e. The number of nitrogens with one attached hydrogen (secondary N) is 1. The van der Waals surface area contributed by atoms with Crippen LogP contribution in [0.1, 0.15) is 60.5 Å². The van der Waals surface area contributed by atoms with Gasteiger partial charge in [0.25, 0.3) is 5.91 Å². The molecule has 0 bridgehead atoms. The number of aromatic nitrogens is 2. The van der Waals surface area contributed by atoms with E-state index in [4.69, 9.17) is 0 Å². The molecule has 2 fully saturated rings. The van der Waals surface area contributed by atoms with Crippen LogP contribution in [0.4, 0.5) is 19.1 Å². The molecule has 1 saturated heterocycles. The third kappa shape index (κ3) is 5.29. The molecule has 1 aliphatic carbocycles. The second kappa shape index (κ2) is 8.23. The van der Waals surface area contributed by atoms with Crippen LogP contribution in [0.3, 0.4) is 0 Å². The molecule has 10 heteroatoms. The van der Waals surface area contributed by atoms with Gasteiger partial charge in [-0.25, -0.2) is 9.97 Å². The fourth-order valence-corrected chi connectivity index (χ4v) is 3.87. The summed E-state index contributed by atoms with van der Waals surface area (Å²) in [6.07, 6.45) is 0.680. The van der Waals surface area contributed by atoms with Gasteiger partial charge in [-0.1, -0.05) is 6.07 Å². The van der Waals surface area contributed by atoms with Gasteiger partial charge in [-0.2, -0.15) is 0 Å². The first-order valence-corrected chi connectivity index (χ1v) is 10.5. The number of carbonyl (C=O) groups excluding carboxylic acids is 1. The number of halogens is 3. The van der Waals surface area contributed by atoms with E-state index in [0.29, 0.717) is 17.7 Å². The molecule has 1 atom stereocenters. The van der Waals surface area contributed by atoms with Crippen LogP contribution in [0.2, 0.25) is 0 Å². The molecular formula is C22H25F3N4O3. The number of alkyl halides is 3. The minimum Gasteiger partial charge on any atom is -0.406 e. The molecule has 0 spiro atoms. The Labute approximate surface area is 183 Å². The molecule has 1 aromatic carbocycles. The van der Waals surface area contributed by atoms with Crippen molar-refractivity contribution >= 4 is 11.9 Å². The van der Waals surface area contributed by atoms with Crippen LogP contribution in [0.15, 0.2) is 30.6 Å². The van der Waals surface area contributed by atoms with Crippen LogP contribution in [-0.2, 0) is 6.54 Å². The Morgan fingerprint density at radius 1 is 1.19 bits per heavy atom. The van der Waals surface area contributed by atoms with Gasteiger partial charge in [0.05, 0.1) is 17.2 Å². The van der Waals surface area contributed by atoms with Gasteiger partial charge in [-0.3, -0.25) is 4.79 Å². The minimum atomic E-state index is -4.75. The van der Waals surface area contributed by atoms with Crippen LogP contribution in [0.25, 0.3) is 0 Å². The summed E-state index contributed by atoms with van der Waals surface area (Å²) in [6.45, 7) is 4.11. The Morgan fingerprint density at radius 2 is 1.88 bits per heavy atom. The zero-order chi connectivity index (χ0) is 23.1. The molecule has 1 aliphatic heterocycles. The molecule has 32 heavy (non-hydrogen) atoms. The lowest BCUT2D eigenvalue weighted by Gasteiger charge is -2.47. The predicted molar refractivity (Wildman–Crippen MR) is 110 cm³/mol. The first-order valence-electron chi connectivity index (χ1n) is 10.5. The van der Waals surface area contributed by atoms with Crippen LogP contribution in [0, 0.1) is 0 Å². The lowest BCUT2D eigenvalue weighted by atomic mass is 9.87. The van der Waals surface area contributed by atoms with Crippen LogP contribution < -0.4 is 10.1 Å². The van der Waals surface area contributed by atoms with Gasteiger partial charge in [-0.05, 0) is 62.3 Å². The SMILES string of the molecule is CC(C)(O)C1CCN1C(=O)c1cnc(NCc2cc(OC(F)(F)F)cc(C3CC3)c2)nc1. The lowest BCUT2D eigenvalue weighted by Crippen LogP contribution is -2.60. The first kappa shape index (κ1) is 22.3. The standard InChI is InChI=1S/C22H25F3N4O3/c1-21(2,31)18-5-6-29(18)19(30)16-11-27-20(28-12-16)26-10-13-7-15(14-3-4-14)9-17(8-13)32-22(23,24)25/h7-9,11-12,14,18,31H,3-6,10H2,1-2H3,(H,26,27,28). The van der Waals surface area contributed by atoms with Crippen molar-refractivity contribution in [2.75, 3.05) is 11.9 Å². The molecule has 2 N–H and O–H groups in total. The number of aliphatic hydroxyl groups is 1. The monoisotopic (exact) mass is 450 g/mol. The summed E-state index contributed by atoms with van der Waals surface area (Å²) >= 11 is 0. The zero-order valence-corrected chi connectivity index (χ0v) is 17.8. The van der Waals surface area contributed by atoms with Crippen molar-refractivity contribution in [2.45, 2.75) is 63.6 Å². The highest BCUT2D eigenvalue weighted by atomic mass is 19.4. The van der Waals surface area contributed by atoms with Crippen molar-refractivity contribution in [3.63, 3.8) is 0 Å². The molecule has 2 aromatic rings. The first-order chi connectivity index (χ1) is 15.0. The number of ether oxygens (including phenoxy) is 1. The fourth-order valence-electron chi connectivity index (χ4n) is 3.87. The summed E-state index contributed by atoms with van der Waals surface area (Å²) in [7, 11) is 0. The van der Waals surface area contributed by atoms with Gasteiger partial charge in [-0.15, -0.1) is 13.2 Å². The number of likely N-dealkylation sites (tertiary alicyclic amines) is 1. The highest BCUT2D eigenvalue weighted by Crippen LogP contribution is 2.42. The van der Waals surface area contributed by atoms with Gasteiger partial charge >= 0.3 is 6.36 Å². The van der Waals surface area contributed by atoms with Gasteiger partial charge in [0, 0.05) is 25.5 Å². The Balaban J connectivity index is 1.41. The maximum Gasteiger partial charge on any atom is 0.573 e. The fraction of sp³-hybridized carbons (Fsp3) is 0.500. The average Bonchev–Trinajstić information content (AvgIpc) is 3.48. The molecule has 1 amide bonds. The van der Waals surface area contributed by atoms with Crippen molar-refractivity contribution < 1.29 is 27.8 Å². The number of hydrogen-bond acceptors (Lipinski definition) is 6. The Bertz CT molecular complexity index is 985. The zero-order valence-electron chi connectivity index (χ0n) is 17.8. The highest BCUT2D eigenvalue weighted by Gasteiger charge is 2.42. The Hall–Kier alpha value is -2.88. The van der Waals surface area contributed by atoms with E-state index >= 15 is 0 Å². The Kier molecular flexibility index (Phi) is 5.74. The van der Waals surface area contributed by atoms with E-state index in [2.05, 4.69) is 20.0 Å². The molecular weight excluding hydrogens is 425 g/mol. The normalized spacial score (nSPS) is 18.8. The summed E-state index contributed by atoms with van der Waals surface area (Å²) < 4.78 is 42.1. The molecule has 4 rings (SSSR count). The Morgan fingerprint density at radius 3 is 2.41 bits per heavy atom.